The summed E-state index contributed by atoms with van der Waals surface area (Å²) in [5.74, 6) is 0.336. The van der Waals surface area contributed by atoms with Crippen molar-refractivity contribution in [3.63, 3.8) is 0 Å². The highest BCUT2D eigenvalue weighted by atomic mass is 32.2. The Morgan fingerprint density at radius 1 is 1.28 bits per heavy atom. The van der Waals surface area contributed by atoms with Gasteiger partial charge in [-0.2, -0.15) is 0 Å². The van der Waals surface area contributed by atoms with Gasteiger partial charge in [-0.15, -0.1) is 11.8 Å². The van der Waals surface area contributed by atoms with Crippen molar-refractivity contribution in [2.24, 2.45) is 0 Å². The van der Waals surface area contributed by atoms with Gasteiger partial charge in [-0.05, 0) is 23.8 Å². The number of thioether (sulfide) groups is 1. The van der Waals surface area contributed by atoms with Crippen LogP contribution in [0.15, 0.2) is 57.7 Å². The lowest BCUT2D eigenvalue weighted by Crippen LogP contribution is -2.33. The molecule has 1 amide bonds. The number of para-hydroxylation sites is 1. The number of carbonyl (C=O) groups is 1. The topological polar surface area (TPSA) is 103 Å². The van der Waals surface area contributed by atoms with Crippen molar-refractivity contribution in [1.29, 1.82) is 0 Å². The van der Waals surface area contributed by atoms with Gasteiger partial charge in [0, 0.05) is 23.8 Å². The number of benzene rings is 2. The van der Waals surface area contributed by atoms with Crippen molar-refractivity contribution in [2.75, 3.05) is 19.4 Å². The van der Waals surface area contributed by atoms with Crippen molar-refractivity contribution >= 4 is 34.3 Å². The largest absolute Gasteiger partial charge is 0.490 e. The minimum atomic E-state index is -0.704. The summed E-state index contributed by atoms with van der Waals surface area (Å²) in [6.45, 7) is 0.417. The van der Waals surface area contributed by atoms with Crippen LogP contribution in [-0.2, 0) is 0 Å². The molecule has 0 saturated carbocycles. The van der Waals surface area contributed by atoms with Gasteiger partial charge in [0.1, 0.15) is 16.5 Å². The predicted octanol–water partition coefficient (Wildman–Crippen LogP) is 3.60. The van der Waals surface area contributed by atoms with Gasteiger partial charge in [0.15, 0.2) is 5.75 Å². The molecule has 148 valence electrons. The maximum Gasteiger partial charge on any atom is 0.349 e. The molecule has 1 aliphatic rings. The Hall–Kier alpha value is -3.33. The third kappa shape index (κ3) is 3.44. The van der Waals surface area contributed by atoms with Gasteiger partial charge < -0.3 is 14.1 Å². The molecule has 9 heteroatoms. The zero-order valence-corrected chi connectivity index (χ0v) is 16.2. The van der Waals surface area contributed by atoms with Crippen LogP contribution in [0, 0.1) is 10.1 Å². The van der Waals surface area contributed by atoms with E-state index in [0.717, 1.165) is 0 Å². The maximum absolute atomic E-state index is 13.1. The van der Waals surface area contributed by atoms with E-state index < -0.39 is 21.8 Å². The van der Waals surface area contributed by atoms with Crippen molar-refractivity contribution in [1.82, 2.24) is 4.90 Å². The Labute approximate surface area is 169 Å². The fraction of sp³-hybridized carbons (Fsp3) is 0.200. The van der Waals surface area contributed by atoms with E-state index in [4.69, 9.17) is 9.15 Å². The summed E-state index contributed by atoms with van der Waals surface area (Å²) in [5, 5.41) is 11.5. The van der Waals surface area contributed by atoms with Crippen molar-refractivity contribution in [3.8, 4) is 5.75 Å². The third-order valence-electron chi connectivity index (χ3n) is 4.71. The monoisotopic (exact) mass is 412 g/mol. The molecule has 8 nitrogen and oxygen atoms in total. The number of nitrogens with zero attached hydrogens (tertiary/aromatic N) is 2. The average Bonchev–Trinajstić information content (AvgIpc) is 3.22. The number of nitro groups is 1. The predicted molar refractivity (Wildman–Crippen MR) is 108 cm³/mol. The molecule has 3 aromatic rings. The van der Waals surface area contributed by atoms with Crippen LogP contribution in [0.2, 0.25) is 0 Å². The Balaban J connectivity index is 1.71. The number of carbonyl (C=O) groups excluding carboxylic acids is 1. The molecule has 1 saturated heterocycles. The molecule has 0 spiro atoms. The lowest BCUT2D eigenvalue weighted by molar-refractivity contribution is -0.385. The number of nitro benzene ring substituents is 1. The molecule has 0 bridgehead atoms. The number of hydrogen-bond donors (Lipinski definition) is 0. The highest BCUT2D eigenvalue weighted by molar-refractivity contribution is 7.99. The van der Waals surface area contributed by atoms with E-state index in [2.05, 4.69) is 0 Å². The first-order chi connectivity index (χ1) is 14.0. The van der Waals surface area contributed by atoms with Gasteiger partial charge in [0.2, 0.25) is 0 Å². The minimum Gasteiger partial charge on any atom is -0.490 e. The Morgan fingerprint density at radius 2 is 2.07 bits per heavy atom. The summed E-state index contributed by atoms with van der Waals surface area (Å²) < 4.78 is 10.3. The number of fused-ring (bicyclic) bond motifs is 1. The van der Waals surface area contributed by atoms with E-state index in [-0.39, 0.29) is 17.0 Å². The van der Waals surface area contributed by atoms with Gasteiger partial charge in [-0.3, -0.25) is 14.9 Å². The zero-order valence-electron chi connectivity index (χ0n) is 15.4. The highest BCUT2D eigenvalue weighted by Gasteiger charge is 2.34. The van der Waals surface area contributed by atoms with Gasteiger partial charge in [-0.1, -0.05) is 24.3 Å². The second-order valence-corrected chi connectivity index (χ2v) is 7.58. The quantitative estimate of drug-likeness (QED) is 0.366. The number of rotatable bonds is 4. The van der Waals surface area contributed by atoms with Crippen LogP contribution >= 0.6 is 11.8 Å². The van der Waals surface area contributed by atoms with E-state index in [1.807, 2.05) is 0 Å². The molecular weight excluding hydrogens is 396 g/mol. The normalized spacial score (nSPS) is 16.2. The SMILES string of the molecule is COc1ccc(C2SCCN2C(=O)c2cc3ccccc3oc2=O)cc1[N+](=O)[O-]. The van der Waals surface area contributed by atoms with Crippen LogP contribution in [0.25, 0.3) is 11.0 Å². The van der Waals surface area contributed by atoms with Crippen LogP contribution < -0.4 is 10.4 Å². The first kappa shape index (κ1) is 19.0. The van der Waals surface area contributed by atoms with E-state index in [1.54, 1.807) is 30.3 Å². The van der Waals surface area contributed by atoms with Crippen LogP contribution in [-0.4, -0.2) is 35.1 Å². The van der Waals surface area contributed by atoms with Gasteiger partial charge >= 0.3 is 11.3 Å². The van der Waals surface area contributed by atoms with E-state index in [0.29, 0.717) is 28.8 Å². The van der Waals surface area contributed by atoms with Gasteiger partial charge in [0.05, 0.1) is 12.0 Å². The first-order valence-corrected chi connectivity index (χ1v) is 9.82. The minimum absolute atomic E-state index is 0.0563. The highest BCUT2D eigenvalue weighted by Crippen LogP contribution is 2.41. The molecule has 1 fully saturated rings. The van der Waals surface area contributed by atoms with Crippen LogP contribution in [0.1, 0.15) is 21.3 Å². The Kier molecular flexibility index (Phi) is 4.98. The first-order valence-electron chi connectivity index (χ1n) is 8.77. The second-order valence-electron chi connectivity index (χ2n) is 6.40. The second kappa shape index (κ2) is 7.59. The molecule has 0 radical (unpaired) electrons. The third-order valence-corrected chi connectivity index (χ3v) is 5.97. The molecule has 0 N–H and O–H groups in total. The van der Waals surface area contributed by atoms with Gasteiger partial charge in [0.25, 0.3) is 5.91 Å². The summed E-state index contributed by atoms with van der Waals surface area (Å²) in [6, 6.07) is 13.1. The molecule has 2 aromatic carbocycles. The molecule has 1 aromatic heterocycles. The molecule has 29 heavy (non-hydrogen) atoms. The standard InChI is InChI=1S/C20H16N2O6S/c1-27-17-7-6-13(11-15(17)22(25)26)19-21(8-9-29-19)18(23)14-10-12-4-2-3-5-16(12)28-20(14)24/h2-7,10-11,19H,8-9H2,1H3. The van der Waals surface area contributed by atoms with Crippen LogP contribution in [0.3, 0.4) is 0 Å². The fourth-order valence-corrected chi connectivity index (χ4v) is 4.57. The van der Waals surface area contributed by atoms with Crippen molar-refractivity contribution in [3.05, 3.63) is 80.2 Å². The summed E-state index contributed by atoms with van der Waals surface area (Å²) >= 11 is 1.48. The summed E-state index contributed by atoms with van der Waals surface area (Å²) in [5.41, 5.74) is 0.0742. The van der Waals surface area contributed by atoms with Gasteiger partial charge in [-0.25, -0.2) is 4.79 Å². The smallest absolute Gasteiger partial charge is 0.349 e. The lowest BCUT2D eigenvalue weighted by Gasteiger charge is -2.24. The zero-order chi connectivity index (χ0) is 20.5. The molecule has 1 unspecified atom stereocenters. The Morgan fingerprint density at radius 3 is 2.83 bits per heavy atom. The maximum atomic E-state index is 13.1. The number of ether oxygens (including phenoxy) is 1. The average molecular weight is 412 g/mol. The lowest BCUT2D eigenvalue weighted by atomic mass is 10.1. The van der Waals surface area contributed by atoms with Crippen LogP contribution in [0.5, 0.6) is 5.75 Å². The molecular formula is C20H16N2O6S. The summed E-state index contributed by atoms with van der Waals surface area (Å²) in [6.07, 6.45) is 0. The molecule has 1 aliphatic heterocycles. The molecule has 2 heterocycles. The van der Waals surface area contributed by atoms with E-state index in [9.17, 15) is 19.7 Å². The molecule has 1 atom stereocenters. The summed E-state index contributed by atoms with van der Waals surface area (Å²) in [7, 11) is 1.36. The number of hydrogen-bond acceptors (Lipinski definition) is 7. The van der Waals surface area contributed by atoms with Crippen molar-refractivity contribution in [2.45, 2.75) is 5.37 Å². The van der Waals surface area contributed by atoms with Crippen LogP contribution in [0.4, 0.5) is 5.69 Å². The number of methoxy groups -OCH3 is 1. The van der Waals surface area contributed by atoms with Crippen molar-refractivity contribution < 1.29 is 18.9 Å². The summed E-state index contributed by atoms with van der Waals surface area (Å²) in [4.78, 5) is 37.9. The Bertz CT molecular complexity index is 1180. The van der Waals surface area contributed by atoms with E-state index in [1.165, 1.54) is 42.0 Å². The molecule has 0 aliphatic carbocycles. The fourth-order valence-electron chi connectivity index (χ4n) is 3.32. The molecule has 4 rings (SSSR count). The number of amides is 1. The van der Waals surface area contributed by atoms with E-state index >= 15 is 0 Å².